The molecular weight excluding hydrogens is 807 g/mol. The molecule has 0 spiro atoms. The minimum atomic E-state index is 0. The van der Waals surface area contributed by atoms with E-state index in [1.165, 1.54) is 33.4 Å². The van der Waals surface area contributed by atoms with Crippen molar-refractivity contribution in [1.82, 2.24) is 14.4 Å². The van der Waals surface area contributed by atoms with Crippen LogP contribution in [0.5, 0.6) is 0 Å². The van der Waals surface area contributed by atoms with Crippen LogP contribution in [-0.4, -0.2) is 25.3 Å². The Kier molecular flexibility index (Phi) is 12.9. The van der Waals surface area contributed by atoms with Crippen LogP contribution in [0.15, 0.2) is 72.8 Å². The van der Waals surface area contributed by atoms with Crippen LogP contribution in [0.2, 0.25) is 0 Å². The molecule has 0 saturated carbocycles. The van der Waals surface area contributed by atoms with Gasteiger partial charge in [0.25, 0.3) is 0 Å². The molecule has 273 valence electrons. The molecule has 0 unspecified atom stereocenters. The van der Waals surface area contributed by atoms with Gasteiger partial charge in [-0.2, -0.15) is 0 Å². The third-order valence-electron chi connectivity index (χ3n) is 9.87. The Bertz CT molecular complexity index is 2170. The molecule has 0 saturated heterocycles. The zero-order chi connectivity index (χ0) is 36.4. The first-order valence-electron chi connectivity index (χ1n) is 18.6. The Balaban J connectivity index is 0.000000312. The topological polar surface area (TPSA) is 67.5 Å². The number of pyridine rings is 1. The molecule has 6 heteroatoms. The molecule has 3 aromatic carbocycles. The van der Waals surface area contributed by atoms with Crippen molar-refractivity contribution in [3.05, 3.63) is 90.1 Å². The van der Waals surface area contributed by atoms with Gasteiger partial charge in [0.1, 0.15) is 6.33 Å². The van der Waals surface area contributed by atoms with Crippen molar-refractivity contribution in [3.8, 4) is 0 Å². The van der Waals surface area contributed by atoms with Gasteiger partial charge in [-0.25, -0.2) is 4.98 Å². The monoisotopic (exact) mass is 863 g/mol. The Hall–Kier alpha value is -3.60. The minimum Gasteiger partial charge on any atom is -0.512 e. The van der Waals surface area contributed by atoms with E-state index in [4.69, 9.17) is 9.97 Å². The van der Waals surface area contributed by atoms with Gasteiger partial charge >= 0.3 is 0 Å². The van der Waals surface area contributed by atoms with Crippen LogP contribution in [0.1, 0.15) is 106 Å². The minimum absolute atomic E-state index is 0. The second-order valence-corrected chi connectivity index (χ2v) is 16.3. The third kappa shape index (κ3) is 8.90. The zero-order valence-electron chi connectivity index (χ0n) is 32.3. The largest absolute Gasteiger partial charge is 0.512 e. The van der Waals surface area contributed by atoms with Crippen LogP contribution in [0, 0.1) is 28.7 Å². The molecule has 0 aliphatic carbocycles. The van der Waals surface area contributed by atoms with E-state index in [0.717, 1.165) is 71.4 Å². The van der Waals surface area contributed by atoms with Crippen LogP contribution < -0.4 is 0 Å². The molecule has 0 fully saturated rings. The molecule has 5 nitrogen and oxygen atoms in total. The number of hydrogen-bond donors (Lipinski definition) is 1. The van der Waals surface area contributed by atoms with Gasteiger partial charge in [0.05, 0.1) is 5.76 Å². The van der Waals surface area contributed by atoms with Crippen LogP contribution in [-0.2, 0) is 37.7 Å². The summed E-state index contributed by atoms with van der Waals surface area (Å²) in [6.07, 6.45) is 8.55. The molecule has 51 heavy (non-hydrogen) atoms. The maximum Gasteiger partial charge on any atom is 0.162 e. The first kappa shape index (κ1) is 40.2. The number of allylic oxidation sites excluding steroid dienone is 2. The van der Waals surface area contributed by atoms with Crippen molar-refractivity contribution in [3.63, 3.8) is 0 Å². The summed E-state index contributed by atoms with van der Waals surface area (Å²) in [6, 6.07) is 23.6. The van der Waals surface area contributed by atoms with Gasteiger partial charge in [0.2, 0.25) is 0 Å². The molecule has 0 bridgehead atoms. The first-order valence-corrected chi connectivity index (χ1v) is 18.6. The number of benzene rings is 3. The van der Waals surface area contributed by atoms with E-state index in [9.17, 15) is 9.90 Å². The van der Waals surface area contributed by atoms with E-state index in [-0.39, 0.29) is 54.3 Å². The maximum absolute atomic E-state index is 11.7. The number of ketones is 1. The molecule has 3 heterocycles. The smallest absolute Gasteiger partial charge is 0.162 e. The summed E-state index contributed by atoms with van der Waals surface area (Å²) in [4.78, 5) is 21.4. The van der Waals surface area contributed by atoms with Crippen LogP contribution in [0.4, 0.5) is 0 Å². The van der Waals surface area contributed by atoms with Gasteiger partial charge in [0.15, 0.2) is 5.78 Å². The van der Waals surface area contributed by atoms with E-state index in [1.807, 2.05) is 27.7 Å². The van der Waals surface area contributed by atoms with Crippen molar-refractivity contribution in [2.24, 2.45) is 22.7 Å². The Morgan fingerprint density at radius 3 is 2.08 bits per heavy atom. The molecule has 0 aliphatic rings. The Morgan fingerprint density at radius 2 is 1.45 bits per heavy atom. The van der Waals surface area contributed by atoms with Crippen LogP contribution in [0.25, 0.3) is 49.0 Å². The van der Waals surface area contributed by atoms with Crippen LogP contribution >= 0.6 is 0 Å². The number of fused-ring (bicyclic) bond motifs is 9. The van der Waals surface area contributed by atoms with Gasteiger partial charge in [-0.15, -0.1) is 17.5 Å². The Morgan fingerprint density at radius 1 is 0.804 bits per heavy atom. The number of hydrogen-bond acceptors (Lipinski definition) is 4. The van der Waals surface area contributed by atoms with Gasteiger partial charge in [-0.1, -0.05) is 116 Å². The van der Waals surface area contributed by atoms with Gasteiger partial charge in [-0.05, 0) is 72.6 Å². The van der Waals surface area contributed by atoms with Crippen molar-refractivity contribution >= 4 is 54.8 Å². The molecule has 6 rings (SSSR count). The van der Waals surface area contributed by atoms with E-state index in [2.05, 4.69) is 107 Å². The summed E-state index contributed by atoms with van der Waals surface area (Å²) in [7, 11) is 0. The first-order chi connectivity index (χ1) is 23.7. The number of aliphatic hydroxyl groups excluding tert-OH is 1. The van der Waals surface area contributed by atoms with Gasteiger partial charge < -0.3 is 9.51 Å². The van der Waals surface area contributed by atoms with Crippen molar-refractivity contribution in [2.75, 3.05) is 0 Å². The summed E-state index contributed by atoms with van der Waals surface area (Å²) in [5.41, 5.74) is 7.38. The van der Waals surface area contributed by atoms with Crippen molar-refractivity contribution < 1.29 is 30.0 Å². The number of nitrogens with zero attached hydrogens (tertiary/aromatic N) is 3. The quantitative estimate of drug-likeness (QED) is 0.0517. The molecule has 1 N–H and O–H groups in total. The van der Waals surface area contributed by atoms with E-state index < -0.39 is 0 Å². The predicted molar refractivity (Wildman–Crippen MR) is 212 cm³/mol. The summed E-state index contributed by atoms with van der Waals surface area (Å²) < 4.78 is 2.43. The summed E-state index contributed by atoms with van der Waals surface area (Å²) in [5, 5.41) is 15.6. The number of rotatable bonds is 9. The number of carbonyl (C=O) groups excluding carboxylic acids is 1. The second-order valence-electron chi connectivity index (χ2n) is 16.3. The second kappa shape index (κ2) is 16.4. The molecule has 0 atom stereocenters. The molecule has 6 aromatic rings. The van der Waals surface area contributed by atoms with Crippen molar-refractivity contribution in [2.45, 2.75) is 108 Å². The van der Waals surface area contributed by atoms with Crippen LogP contribution in [0.3, 0.4) is 0 Å². The SMILES string of the molecule is CC(C)(C)Cc1cccc2c1cc1c3c(CC(C)(C)C)ncnc3c3[c-]c4ccccc4cc3n21.CCC(CC)C(=O)/C=C(\O)C(CC)CC.[Ir]. The number of aliphatic hydroxyl groups is 1. The van der Waals surface area contributed by atoms with Gasteiger partial charge in [-0.3, -0.25) is 9.78 Å². The van der Waals surface area contributed by atoms with Crippen molar-refractivity contribution in [1.29, 1.82) is 0 Å². The predicted octanol–water partition coefficient (Wildman–Crippen LogP) is 12.2. The summed E-state index contributed by atoms with van der Waals surface area (Å²) in [6.45, 7) is 21.8. The van der Waals surface area contributed by atoms with E-state index >= 15 is 0 Å². The van der Waals surface area contributed by atoms with E-state index in [1.54, 1.807) is 6.33 Å². The summed E-state index contributed by atoms with van der Waals surface area (Å²) >= 11 is 0. The Labute approximate surface area is 318 Å². The van der Waals surface area contributed by atoms with E-state index in [0.29, 0.717) is 0 Å². The maximum atomic E-state index is 11.7. The van der Waals surface area contributed by atoms with Gasteiger partial charge in [0, 0.05) is 71.0 Å². The zero-order valence-corrected chi connectivity index (χ0v) is 34.7. The fourth-order valence-corrected chi connectivity index (χ4v) is 7.27. The molecule has 3 aromatic heterocycles. The standard InChI is InChI=1S/C32H32N3.C13H24O2.Ir/c1-31(2,3)17-22-12-9-13-26-23(22)16-28-29-25(18-32(4,5)6)33-19-34-30(29)24-14-20-10-7-8-11-21(20)15-27(24)35(26)28;1-5-10(6-2)12(14)9-13(15)11(7-3)8-4;/h7-13,15-16,19H,17-18H2,1-6H3;9-11,14H,5-8H2,1-4H3;/q-1;;/b;12-9-;. The summed E-state index contributed by atoms with van der Waals surface area (Å²) in [5.74, 6) is 0.547. The number of aromatic nitrogens is 3. The average molecular weight is 863 g/mol. The molecule has 0 amide bonds. The number of carbonyl (C=O) groups is 1. The average Bonchev–Trinajstić information content (AvgIpc) is 3.45. The fourth-order valence-electron chi connectivity index (χ4n) is 7.27. The third-order valence-corrected chi connectivity index (χ3v) is 9.87. The molecular formula is C45H56IrN3O2-. The fraction of sp³-hybridized carbons (Fsp3) is 0.444. The molecule has 0 aliphatic heterocycles. The molecule has 1 radical (unpaired) electrons. The normalized spacial score (nSPS) is 12.7.